The Kier molecular flexibility index (Phi) is 6.14. The van der Waals surface area contributed by atoms with Gasteiger partial charge in [0.05, 0.1) is 0 Å². The lowest BCUT2D eigenvalue weighted by atomic mass is 10.1. The molecule has 0 fully saturated rings. The number of fused-ring (bicyclic) bond motifs is 3. The van der Waals surface area contributed by atoms with Crippen molar-refractivity contribution in [2.24, 2.45) is 0 Å². The Balaban J connectivity index is 1.74. The predicted octanol–water partition coefficient (Wildman–Crippen LogP) is 3.56. The minimum atomic E-state index is 0.642. The number of ether oxygens (including phenoxy) is 2. The molecule has 0 amide bonds. The van der Waals surface area contributed by atoms with Crippen LogP contribution in [0.4, 0.5) is 0 Å². The van der Waals surface area contributed by atoms with E-state index < -0.39 is 0 Å². The van der Waals surface area contributed by atoms with Gasteiger partial charge in [-0.3, -0.25) is 0 Å². The Morgan fingerprint density at radius 2 is 1.40 bits per heavy atom. The van der Waals surface area contributed by atoms with Gasteiger partial charge in [0.25, 0.3) is 0 Å². The summed E-state index contributed by atoms with van der Waals surface area (Å²) in [5, 5.41) is 8.63. The van der Waals surface area contributed by atoms with E-state index >= 15 is 0 Å². The standard InChI is InChI=1S/C20H26N2O3/c1-3-21-9-11-23-15-6-8-19-18(13-15)17-7-5-16(14-20(17)25-19)24-12-10-22-4-2/h5-8,13-14,21-22H,3-4,9-12H2,1-2H3. The fourth-order valence-corrected chi connectivity index (χ4v) is 2.75. The van der Waals surface area contributed by atoms with Crippen molar-refractivity contribution in [3.63, 3.8) is 0 Å². The van der Waals surface area contributed by atoms with Gasteiger partial charge in [0.15, 0.2) is 0 Å². The van der Waals surface area contributed by atoms with Crippen LogP contribution in [0.3, 0.4) is 0 Å². The van der Waals surface area contributed by atoms with E-state index in [1.54, 1.807) is 0 Å². The van der Waals surface area contributed by atoms with Crippen LogP contribution < -0.4 is 20.1 Å². The number of nitrogens with one attached hydrogen (secondary N) is 2. The van der Waals surface area contributed by atoms with E-state index in [1.807, 2.05) is 36.4 Å². The van der Waals surface area contributed by atoms with Crippen LogP contribution in [0.1, 0.15) is 13.8 Å². The summed E-state index contributed by atoms with van der Waals surface area (Å²) in [7, 11) is 0. The molecule has 0 saturated carbocycles. The molecular formula is C20H26N2O3. The van der Waals surface area contributed by atoms with E-state index in [2.05, 4.69) is 24.5 Å². The van der Waals surface area contributed by atoms with Crippen molar-refractivity contribution in [3.8, 4) is 11.5 Å². The SMILES string of the molecule is CCNCCOc1ccc2c(c1)oc1ccc(OCCNCC)cc12. The molecule has 0 radical (unpaired) electrons. The molecule has 5 nitrogen and oxygen atoms in total. The first-order valence-corrected chi connectivity index (χ1v) is 8.95. The van der Waals surface area contributed by atoms with Gasteiger partial charge in [-0.1, -0.05) is 13.8 Å². The van der Waals surface area contributed by atoms with Crippen molar-refractivity contribution >= 4 is 21.9 Å². The molecule has 25 heavy (non-hydrogen) atoms. The highest BCUT2D eigenvalue weighted by atomic mass is 16.5. The van der Waals surface area contributed by atoms with Crippen LogP contribution in [-0.2, 0) is 0 Å². The zero-order chi connectivity index (χ0) is 17.5. The molecular weight excluding hydrogens is 316 g/mol. The Morgan fingerprint density at radius 3 is 2.08 bits per heavy atom. The lowest BCUT2D eigenvalue weighted by Crippen LogP contribution is -2.20. The molecule has 0 spiro atoms. The minimum absolute atomic E-state index is 0.642. The molecule has 0 aliphatic carbocycles. The van der Waals surface area contributed by atoms with Crippen molar-refractivity contribution in [2.45, 2.75) is 13.8 Å². The molecule has 0 unspecified atom stereocenters. The molecule has 1 heterocycles. The summed E-state index contributed by atoms with van der Waals surface area (Å²) in [5.41, 5.74) is 1.69. The molecule has 0 saturated heterocycles. The first-order valence-electron chi connectivity index (χ1n) is 8.95. The lowest BCUT2D eigenvalue weighted by molar-refractivity contribution is 0.315. The zero-order valence-corrected chi connectivity index (χ0v) is 14.9. The van der Waals surface area contributed by atoms with Gasteiger partial charge in [-0.05, 0) is 43.4 Å². The number of hydrogen-bond donors (Lipinski definition) is 2. The van der Waals surface area contributed by atoms with Crippen LogP contribution >= 0.6 is 0 Å². The van der Waals surface area contributed by atoms with Crippen molar-refractivity contribution in [3.05, 3.63) is 36.4 Å². The molecule has 0 aliphatic heterocycles. The third-order valence-electron chi connectivity index (χ3n) is 4.01. The third kappa shape index (κ3) is 4.44. The normalized spacial score (nSPS) is 11.3. The van der Waals surface area contributed by atoms with Gasteiger partial charge in [0, 0.05) is 29.9 Å². The minimum Gasteiger partial charge on any atom is -0.492 e. The van der Waals surface area contributed by atoms with E-state index in [0.717, 1.165) is 59.6 Å². The fourth-order valence-electron chi connectivity index (χ4n) is 2.75. The molecule has 0 bridgehead atoms. The van der Waals surface area contributed by atoms with Gasteiger partial charge in [0.1, 0.15) is 35.9 Å². The quantitative estimate of drug-likeness (QED) is 0.552. The van der Waals surface area contributed by atoms with Gasteiger partial charge in [-0.25, -0.2) is 0 Å². The molecule has 2 N–H and O–H groups in total. The highest BCUT2D eigenvalue weighted by Crippen LogP contribution is 2.33. The molecule has 2 aromatic carbocycles. The second kappa shape index (κ2) is 8.74. The lowest BCUT2D eigenvalue weighted by Gasteiger charge is -2.06. The number of benzene rings is 2. The maximum Gasteiger partial charge on any atom is 0.139 e. The van der Waals surface area contributed by atoms with Crippen LogP contribution in [-0.4, -0.2) is 39.4 Å². The average molecular weight is 342 g/mol. The smallest absolute Gasteiger partial charge is 0.139 e. The first-order chi connectivity index (χ1) is 12.3. The highest BCUT2D eigenvalue weighted by Gasteiger charge is 2.09. The van der Waals surface area contributed by atoms with Crippen LogP contribution in [0.2, 0.25) is 0 Å². The van der Waals surface area contributed by atoms with Gasteiger partial charge in [-0.15, -0.1) is 0 Å². The fraction of sp³-hybridized carbons (Fsp3) is 0.400. The molecule has 0 aliphatic rings. The maximum absolute atomic E-state index is 5.96. The molecule has 5 heteroatoms. The third-order valence-corrected chi connectivity index (χ3v) is 4.01. The largest absolute Gasteiger partial charge is 0.492 e. The van der Waals surface area contributed by atoms with E-state index in [9.17, 15) is 0 Å². The van der Waals surface area contributed by atoms with Gasteiger partial charge >= 0.3 is 0 Å². The van der Waals surface area contributed by atoms with Crippen molar-refractivity contribution < 1.29 is 13.9 Å². The number of furan rings is 1. The van der Waals surface area contributed by atoms with Gasteiger partial charge < -0.3 is 24.5 Å². The van der Waals surface area contributed by atoms with Crippen LogP contribution in [0.5, 0.6) is 11.5 Å². The topological polar surface area (TPSA) is 55.7 Å². The maximum atomic E-state index is 5.96. The van der Waals surface area contributed by atoms with E-state index in [1.165, 1.54) is 0 Å². The Bertz CT molecular complexity index is 813. The molecule has 1 aromatic heterocycles. The Morgan fingerprint density at radius 1 is 0.760 bits per heavy atom. The van der Waals surface area contributed by atoms with Gasteiger partial charge in [0.2, 0.25) is 0 Å². The molecule has 0 atom stereocenters. The Hall–Kier alpha value is -2.24. The van der Waals surface area contributed by atoms with Crippen molar-refractivity contribution in [1.82, 2.24) is 10.6 Å². The van der Waals surface area contributed by atoms with Crippen LogP contribution in [0.25, 0.3) is 21.9 Å². The summed E-state index contributed by atoms with van der Waals surface area (Å²) >= 11 is 0. The molecule has 3 aromatic rings. The van der Waals surface area contributed by atoms with Crippen molar-refractivity contribution in [1.29, 1.82) is 0 Å². The van der Waals surface area contributed by atoms with Crippen LogP contribution in [0.15, 0.2) is 40.8 Å². The molecule has 3 rings (SSSR count). The summed E-state index contributed by atoms with van der Waals surface area (Å²) in [5.74, 6) is 1.69. The van der Waals surface area contributed by atoms with Crippen LogP contribution in [0, 0.1) is 0 Å². The summed E-state index contributed by atoms with van der Waals surface area (Å²) in [6.45, 7) is 9.04. The van der Waals surface area contributed by atoms with E-state index in [0.29, 0.717) is 13.2 Å². The van der Waals surface area contributed by atoms with E-state index in [-0.39, 0.29) is 0 Å². The Labute approximate surface area is 148 Å². The second-order valence-electron chi connectivity index (χ2n) is 5.82. The zero-order valence-electron chi connectivity index (χ0n) is 14.9. The summed E-state index contributed by atoms with van der Waals surface area (Å²) in [6.07, 6.45) is 0. The number of hydrogen-bond acceptors (Lipinski definition) is 5. The average Bonchev–Trinajstić information content (AvgIpc) is 2.99. The monoisotopic (exact) mass is 342 g/mol. The second-order valence-corrected chi connectivity index (χ2v) is 5.82. The summed E-state index contributed by atoms with van der Waals surface area (Å²) in [6, 6.07) is 11.9. The summed E-state index contributed by atoms with van der Waals surface area (Å²) in [4.78, 5) is 0. The predicted molar refractivity (Wildman–Crippen MR) is 102 cm³/mol. The van der Waals surface area contributed by atoms with Gasteiger partial charge in [-0.2, -0.15) is 0 Å². The van der Waals surface area contributed by atoms with Crippen molar-refractivity contribution in [2.75, 3.05) is 39.4 Å². The molecule has 134 valence electrons. The number of likely N-dealkylation sites (N-methyl/N-ethyl adjacent to an activating group) is 2. The van der Waals surface area contributed by atoms with E-state index in [4.69, 9.17) is 13.9 Å². The number of rotatable bonds is 10. The first kappa shape index (κ1) is 17.6. The summed E-state index contributed by atoms with van der Waals surface area (Å²) < 4.78 is 17.5. The highest BCUT2D eigenvalue weighted by molar-refractivity contribution is 6.05.